The van der Waals surface area contributed by atoms with Gasteiger partial charge in [-0.3, -0.25) is 5.43 Å². The number of benzene rings is 2. The van der Waals surface area contributed by atoms with E-state index in [1.54, 1.807) is 19.2 Å². The van der Waals surface area contributed by atoms with Gasteiger partial charge in [0.2, 0.25) is 0 Å². The average Bonchev–Trinajstić information content (AvgIpc) is 2.73. The monoisotopic (exact) mass is 411 g/mol. The molecule has 1 fully saturated rings. The molecule has 0 saturated heterocycles. The third kappa shape index (κ3) is 4.29. The van der Waals surface area contributed by atoms with E-state index < -0.39 is 0 Å². The van der Waals surface area contributed by atoms with Crippen LogP contribution in [0.4, 0.5) is 5.69 Å². The Morgan fingerprint density at radius 3 is 2.76 bits per heavy atom. The lowest BCUT2D eigenvalue weighted by Crippen LogP contribution is -2.44. The minimum Gasteiger partial charge on any atom is -0.508 e. The number of aromatic hydroxyl groups is 1. The summed E-state index contributed by atoms with van der Waals surface area (Å²) in [6.45, 7) is 0. The molecule has 6 nitrogen and oxygen atoms in total. The van der Waals surface area contributed by atoms with Gasteiger partial charge in [-0.1, -0.05) is 18.6 Å². The minimum atomic E-state index is -0.222. The maximum absolute atomic E-state index is 9.95. The Balaban J connectivity index is 1.56. The van der Waals surface area contributed by atoms with Gasteiger partial charge in [-0.25, -0.2) is 0 Å². The van der Waals surface area contributed by atoms with E-state index in [2.05, 4.69) is 15.8 Å². The Hall–Kier alpha value is -2.80. The van der Waals surface area contributed by atoms with Crippen LogP contribution in [0.25, 0.3) is 0 Å². The van der Waals surface area contributed by atoms with Crippen LogP contribution < -0.4 is 20.2 Å². The normalized spacial score (nSPS) is 18.6. The molecule has 1 aliphatic heterocycles. The Kier molecular flexibility index (Phi) is 5.58. The van der Waals surface area contributed by atoms with Crippen LogP contribution in [0.5, 0.6) is 17.2 Å². The second-order valence-corrected chi connectivity index (χ2v) is 7.94. The summed E-state index contributed by atoms with van der Waals surface area (Å²) in [7, 11) is 1.62. The number of fused-ring (bicyclic) bond motifs is 1. The molecular weight excluding hydrogens is 386 g/mol. The van der Waals surface area contributed by atoms with Crippen molar-refractivity contribution in [2.45, 2.75) is 44.1 Å². The fourth-order valence-electron chi connectivity index (χ4n) is 4.09. The van der Waals surface area contributed by atoms with Gasteiger partial charge in [-0.2, -0.15) is 5.10 Å². The van der Waals surface area contributed by atoms with E-state index in [4.69, 9.17) is 21.7 Å². The molecule has 1 aliphatic carbocycles. The van der Waals surface area contributed by atoms with Gasteiger partial charge in [0.15, 0.2) is 5.11 Å². The number of phenolic OH excluding ortho intramolecular Hbond substituents is 1. The number of hydrogen-bond acceptors (Lipinski definition) is 5. The lowest BCUT2D eigenvalue weighted by molar-refractivity contribution is 0.0320. The zero-order chi connectivity index (χ0) is 20.3. The molecule has 4 rings (SSSR count). The molecule has 0 aromatic heterocycles. The predicted molar refractivity (Wildman–Crippen MR) is 118 cm³/mol. The Bertz CT molecular complexity index is 939. The first kappa shape index (κ1) is 19.5. The first-order chi connectivity index (χ1) is 14.1. The fourth-order valence-corrected chi connectivity index (χ4v) is 4.25. The van der Waals surface area contributed by atoms with Crippen LogP contribution in [-0.4, -0.2) is 28.6 Å². The molecule has 3 N–H and O–H groups in total. The van der Waals surface area contributed by atoms with Crippen molar-refractivity contribution in [1.29, 1.82) is 0 Å². The Morgan fingerprint density at radius 2 is 1.97 bits per heavy atom. The lowest BCUT2D eigenvalue weighted by atomic mass is 9.78. The van der Waals surface area contributed by atoms with Gasteiger partial charge in [-0.15, -0.1) is 0 Å². The summed E-state index contributed by atoms with van der Waals surface area (Å²) < 4.78 is 11.7. The van der Waals surface area contributed by atoms with Crippen molar-refractivity contribution in [1.82, 2.24) is 5.43 Å². The van der Waals surface area contributed by atoms with Crippen molar-refractivity contribution < 1.29 is 14.6 Å². The average molecular weight is 412 g/mol. The molecule has 0 amide bonds. The SMILES string of the molecule is COc1ccccc1NC(=S)N/N=C1\CC2(CCCCC2)Oc2ccc(O)cc21. The number of methoxy groups -OCH3 is 1. The molecule has 152 valence electrons. The highest BCUT2D eigenvalue weighted by Gasteiger charge is 2.40. The second kappa shape index (κ2) is 8.29. The van der Waals surface area contributed by atoms with E-state index in [-0.39, 0.29) is 11.4 Å². The van der Waals surface area contributed by atoms with Crippen molar-refractivity contribution >= 4 is 28.7 Å². The van der Waals surface area contributed by atoms with E-state index in [1.165, 1.54) is 6.42 Å². The molecule has 0 radical (unpaired) electrons. The first-order valence-electron chi connectivity index (χ1n) is 9.88. The number of hydrazone groups is 1. The van der Waals surface area contributed by atoms with E-state index >= 15 is 0 Å². The van der Waals surface area contributed by atoms with Crippen LogP contribution in [0.2, 0.25) is 0 Å². The van der Waals surface area contributed by atoms with Crippen molar-refractivity contribution in [2.24, 2.45) is 5.10 Å². The van der Waals surface area contributed by atoms with Gasteiger partial charge in [0.1, 0.15) is 22.8 Å². The predicted octanol–water partition coefficient (Wildman–Crippen LogP) is 4.58. The summed E-state index contributed by atoms with van der Waals surface area (Å²) >= 11 is 5.42. The summed E-state index contributed by atoms with van der Waals surface area (Å²) in [5.74, 6) is 1.65. The molecule has 0 unspecified atom stereocenters. The van der Waals surface area contributed by atoms with Crippen molar-refractivity contribution in [3.8, 4) is 17.2 Å². The number of hydrogen-bond donors (Lipinski definition) is 3. The van der Waals surface area contributed by atoms with Gasteiger partial charge < -0.3 is 19.9 Å². The number of para-hydroxylation sites is 2. The van der Waals surface area contributed by atoms with Gasteiger partial charge in [0, 0.05) is 12.0 Å². The first-order valence-corrected chi connectivity index (χ1v) is 10.3. The van der Waals surface area contributed by atoms with Crippen LogP contribution in [0, 0.1) is 0 Å². The number of phenols is 1. The lowest BCUT2D eigenvalue weighted by Gasteiger charge is -2.41. The maximum atomic E-state index is 9.95. The molecule has 7 heteroatoms. The van der Waals surface area contributed by atoms with E-state index in [1.807, 2.05) is 30.3 Å². The standard InChI is InChI=1S/C22H25N3O3S/c1-27-20-8-4-3-7-17(20)23-21(29)25-24-18-14-22(11-5-2-6-12-22)28-19-10-9-15(26)13-16(18)19/h3-4,7-10,13,26H,2,5-6,11-12,14H2,1H3,(H2,23,25,29)/b24-18+. The van der Waals surface area contributed by atoms with Crippen molar-refractivity contribution in [3.63, 3.8) is 0 Å². The zero-order valence-electron chi connectivity index (χ0n) is 16.4. The molecule has 0 atom stereocenters. The van der Waals surface area contributed by atoms with Crippen LogP contribution in [0.3, 0.4) is 0 Å². The molecule has 1 spiro atoms. The number of nitrogens with one attached hydrogen (secondary N) is 2. The van der Waals surface area contributed by atoms with E-state index in [0.717, 1.165) is 48.4 Å². The third-order valence-electron chi connectivity index (χ3n) is 5.50. The van der Waals surface area contributed by atoms with Gasteiger partial charge in [-0.05, 0) is 68.2 Å². The van der Waals surface area contributed by atoms with Crippen LogP contribution in [-0.2, 0) is 0 Å². The fraction of sp³-hybridized carbons (Fsp3) is 0.364. The quantitative estimate of drug-likeness (QED) is 0.507. The maximum Gasteiger partial charge on any atom is 0.191 e. The highest BCUT2D eigenvalue weighted by molar-refractivity contribution is 7.80. The number of thiocarbonyl (C=S) groups is 1. The third-order valence-corrected chi connectivity index (χ3v) is 5.70. The van der Waals surface area contributed by atoms with Crippen LogP contribution in [0.1, 0.15) is 44.1 Å². The number of ether oxygens (including phenoxy) is 2. The largest absolute Gasteiger partial charge is 0.508 e. The van der Waals surface area contributed by atoms with Crippen LogP contribution >= 0.6 is 12.2 Å². The summed E-state index contributed by atoms with van der Waals surface area (Å²) in [4.78, 5) is 0. The van der Waals surface area contributed by atoms with Gasteiger partial charge >= 0.3 is 0 Å². The molecule has 2 aromatic carbocycles. The van der Waals surface area contributed by atoms with E-state index in [0.29, 0.717) is 17.3 Å². The molecule has 2 aromatic rings. The van der Waals surface area contributed by atoms with Crippen LogP contribution in [0.15, 0.2) is 47.6 Å². The minimum absolute atomic E-state index is 0.189. The summed E-state index contributed by atoms with van der Waals surface area (Å²) in [5.41, 5.74) is 5.13. The summed E-state index contributed by atoms with van der Waals surface area (Å²) in [5, 5.41) is 18.0. The smallest absolute Gasteiger partial charge is 0.191 e. The summed E-state index contributed by atoms with van der Waals surface area (Å²) in [6, 6.07) is 12.7. The topological polar surface area (TPSA) is 75.1 Å². The Morgan fingerprint density at radius 1 is 1.17 bits per heavy atom. The molecule has 2 aliphatic rings. The van der Waals surface area contributed by atoms with Gasteiger partial charge in [0.05, 0.1) is 18.5 Å². The molecule has 1 saturated carbocycles. The highest BCUT2D eigenvalue weighted by atomic mass is 32.1. The zero-order valence-corrected chi connectivity index (χ0v) is 17.2. The molecule has 29 heavy (non-hydrogen) atoms. The summed E-state index contributed by atoms with van der Waals surface area (Å²) in [6.07, 6.45) is 6.26. The number of anilines is 1. The van der Waals surface area contributed by atoms with Crippen molar-refractivity contribution in [3.05, 3.63) is 48.0 Å². The highest BCUT2D eigenvalue weighted by Crippen LogP contribution is 2.42. The molecule has 1 heterocycles. The molecule has 0 bridgehead atoms. The van der Waals surface area contributed by atoms with E-state index in [9.17, 15) is 5.11 Å². The number of nitrogens with zero attached hydrogens (tertiary/aromatic N) is 1. The second-order valence-electron chi connectivity index (χ2n) is 7.53. The number of rotatable bonds is 3. The van der Waals surface area contributed by atoms with Crippen molar-refractivity contribution in [2.75, 3.05) is 12.4 Å². The molecular formula is C22H25N3O3S. The van der Waals surface area contributed by atoms with Gasteiger partial charge in [0.25, 0.3) is 0 Å². The Labute approximate surface area is 175 Å².